The highest BCUT2D eigenvalue weighted by Crippen LogP contribution is 2.17. The van der Waals surface area contributed by atoms with Gasteiger partial charge in [-0.3, -0.25) is 0 Å². The summed E-state index contributed by atoms with van der Waals surface area (Å²) < 4.78 is 18.7. The van der Waals surface area contributed by atoms with Crippen molar-refractivity contribution in [1.29, 1.82) is 0 Å². The average Bonchev–Trinajstić information content (AvgIpc) is 2.48. The van der Waals surface area contributed by atoms with Crippen LogP contribution in [0.3, 0.4) is 0 Å². The summed E-state index contributed by atoms with van der Waals surface area (Å²) in [5, 5.41) is 1.15. The molecule has 4 heteroatoms. The molecule has 3 nitrogen and oxygen atoms in total. The molecule has 0 atom stereocenters. The van der Waals surface area contributed by atoms with Crippen molar-refractivity contribution in [2.45, 2.75) is 53.9 Å². The van der Waals surface area contributed by atoms with Crippen LogP contribution >= 0.6 is 0 Å². The summed E-state index contributed by atoms with van der Waals surface area (Å²) in [7, 11) is -2.82. The highest BCUT2D eigenvalue weighted by molar-refractivity contribution is 6.76. The van der Waals surface area contributed by atoms with Gasteiger partial charge in [-0.15, -0.1) is 0 Å². The Morgan fingerprint density at radius 3 is 1.48 bits per heavy atom. The van der Waals surface area contributed by atoms with Crippen molar-refractivity contribution in [2.75, 3.05) is 19.8 Å². The summed E-state index contributed by atoms with van der Waals surface area (Å²) in [6.45, 7) is 12.6. The molecule has 0 aliphatic carbocycles. The third kappa shape index (κ3) is 4.92. The number of aryl methyl sites for hydroxylation is 2. The second-order valence-electron chi connectivity index (χ2n) is 5.37. The fourth-order valence-corrected chi connectivity index (χ4v) is 5.58. The van der Waals surface area contributed by atoms with Crippen molar-refractivity contribution in [3.8, 4) is 0 Å². The number of rotatable bonds is 10. The van der Waals surface area contributed by atoms with Gasteiger partial charge in [0, 0.05) is 25.0 Å². The molecule has 0 heterocycles. The highest BCUT2D eigenvalue weighted by atomic mass is 28.4. The quantitative estimate of drug-likeness (QED) is 0.616. The first kappa shape index (κ1) is 18.4. The van der Waals surface area contributed by atoms with Crippen molar-refractivity contribution in [2.24, 2.45) is 0 Å². The van der Waals surface area contributed by atoms with E-state index in [0.29, 0.717) is 19.8 Å². The average molecular weight is 311 g/mol. The molecule has 0 unspecified atom stereocenters. The zero-order valence-electron chi connectivity index (χ0n) is 14.2. The number of hydrogen-bond donors (Lipinski definition) is 0. The molecule has 0 saturated carbocycles. The van der Waals surface area contributed by atoms with Crippen LogP contribution in [0.1, 0.15) is 51.2 Å². The lowest BCUT2D eigenvalue weighted by atomic mass is 10.2. The molecular weight excluding hydrogens is 280 g/mol. The van der Waals surface area contributed by atoms with Gasteiger partial charge < -0.3 is 13.3 Å². The molecule has 0 bridgehead atoms. The fraction of sp³-hybridized carbons (Fsp3) is 0.647. The normalized spacial score (nSPS) is 11.9. The molecule has 1 rings (SSSR count). The second kappa shape index (κ2) is 9.36. The lowest BCUT2D eigenvalue weighted by Gasteiger charge is -2.32. The third-order valence-electron chi connectivity index (χ3n) is 3.28. The Hall–Kier alpha value is -0.683. The standard InChI is InChI=1S/C17H30O3Si/c1-6-12-18-21(19-13-7-2,20-14-8-3)17-15(4)10-9-11-16(17)5/h9-11H,6-8,12-14H2,1-5H3. The summed E-state index contributed by atoms with van der Waals surface area (Å²) in [6.07, 6.45) is 2.89. The van der Waals surface area contributed by atoms with Crippen LogP contribution in [0.25, 0.3) is 0 Å². The molecule has 0 spiro atoms. The summed E-state index contributed by atoms with van der Waals surface area (Å²) in [6, 6.07) is 6.31. The van der Waals surface area contributed by atoms with E-state index in [9.17, 15) is 0 Å². The SMILES string of the molecule is CCCO[Si](OCCC)(OCCC)c1c(C)cccc1C. The van der Waals surface area contributed by atoms with Crippen LogP contribution in [0.2, 0.25) is 0 Å². The topological polar surface area (TPSA) is 27.7 Å². The zero-order chi connectivity index (χ0) is 15.7. The van der Waals surface area contributed by atoms with Crippen molar-refractivity contribution >= 4 is 14.0 Å². The molecule has 120 valence electrons. The third-order valence-corrected chi connectivity index (χ3v) is 6.43. The summed E-state index contributed by atoms with van der Waals surface area (Å²) in [4.78, 5) is 0. The van der Waals surface area contributed by atoms with Crippen LogP contribution in [0.4, 0.5) is 0 Å². The van der Waals surface area contributed by atoms with Gasteiger partial charge in [0.2, 0.25) is 0 Å². The predicted octanol–water partition coefficient (Wildman–Crippen LogP) is 3.73. The van der Waals surface area contributed by atoms with Crippen LogP contribution in [0, 0.1) is 13.8 Å². The van der Waals surface area contributed by atoms with E-state index in [0.717, 1.165) is 24.4 Å². The van der Waals surface area contributed by atoms with Crippen LogP contribution < -0.4 is 5.19 Å². The van der Waals surface area contributed by atoms with Gasteiger partial charge in [0.25, 0.3) is 0 Å². The van der Waals surface area contributed by atoms with Gasteiger partial charge in [-0.25, -0.2) is 0 Å². The minimum atomic E-state index is -2.82. The monoisotopic (exact) mass is 310 g/mol. The Bertz CT molecular complexity index is 378. The van der Waals surface area contributed by atoms with Gasteiger partial charge in [-0.2, -0.15) is 0 Å². The van der Waals surface area contributed by atoms with E-state index in [1.807, 2.05) is 0 Å². The molecule has 1 aromatic rings. The minimum Gasteiger partial charge on any atom is -0.370 e. The second-order valence-corrected chi connectivity index (χ2v) is 7.85. The largest absolute Gasteiger partial charge is 0.537 e. The summed E-state index contributed by atoms with van der Waals surface area (Å²) >= 11 is 0. The minimum absolute atomic E-state index is 0.674. The first-order chi connectivity index (χ1) is 10.1. The van der Waals surface area contributed by atoms with Crippen molar-refractivity contribution < 1.29 is 13.3 Å². The van der Waals surface area contributed by atoms with E-state index in [1.165, 1.54) is 11.1 Å². The first-order valence-corrected chi connectivity index (χ1v) is 9.82. The Kier molecular flexibility index (Phi) is 8.18. The lowest BCUT2D eigenvalue weighted by molar-refractivity contribution is 0.0729. The Labute approximate surface area is 131 Å². The van der Waals surface area contributed by atoms with Gasteiger partial charge >= 0.3 is 8.80 Å². The van der Waals surface area contributed by atoms with Gasteiger partial charge in [-0.05, 0) is 44.2 Å². The van der Waals surface area contributed by atoms with E-state index in [2.05, 4.69) is 52.8 Å². The van der Waals surface area contributed by atoms with E-state index in [4.69, 9.17) is 13.3 Å². The molecule has 1 aromatic carbocycles. The van der Waals surface area contributed by atoms with E-state index in [-0.39, 0.29) is 0 Å². The highest BCUT2D eigenvalue weighted by Gasteiger charge is 2.45. The van der Waals surface area contributed by atoms with Gasteiger partial charge in [0.05, 0.1) is 0 Å². The molecule has 0 saturated heterocycles. The molecular formula is C17H30O3Si. The van der Waals surface area contributed by atoms with Gasteiger partial charge in [0.15, 0.2) is 0 Å². The van der Waals surface area contributed by atoms with Crippen molar-refractivity contribution in [3.63, 3.8) is 0 Å². The van der Waals surface area contributed by atoms with E-state index in [1.54, 1.807) is 0 Å². The van der Waals surface area contributed by atoms with Crippen molar-refractivity contribution in [1.82, 2.24) is 0 Å². The maximum absolute atomic E-state index is 6.23. The summed E-state index contributed by atoms with van der Waals surface area (Å²) in [5.41, 5.74) is 2.40. The van der Waals surface area contributed by atoms with Crippen LogP contribution in [0.5, 0.6) is 0 Å². The zero-order valence-corrected chi connectivity index (χ0v) is 15.2. The van der Waals surface area contributed by atoms with Gasteiger partial charge in [-0.1, -0.05) is 39.0 Å². The van der Waals surface area contributed by atoms with E-state index >= 15 is 0 Å². The maximum Gasteiger partial charge on any atom is 0.537 e. The van der Waals surface area contributed by atoms with Crippen molar-refractivity contribution in [3.05, 3.63) is 29.3 Å². The number of benzene rings is 1. The lowest BCUT2D eigenvalue weighted by Crippen LogP contribution is -2.59. The first-order valence-electron chi connectivity index (χ1n) is 8.09. The predicted molar refractivity (Wildman–Crippen MR) is 90.0 cm³/mol. The smallest absolute Gasteiger partial charge is 0.370 e. The van der Waals surface area contributed by atoms with Crippen LogP contribution in [-0.4, -0.2) is 28.6 Å². The fourth-order valence-electron chi connectivity index (χ4n) is 2.35. The Morgan fingerprint density at radius 1 is 0.762 bits per heavy atom. The Balaban J connectivity index is 3.23. The molecule has 0 fully saturated rings. The van der Waals surface area contributed by atoms with Crippen LogP contribution in [-0.2, 0) is 13.3 Å². The molecule has 0 aliphatic heterocycles. The number of hydrogen-bond acceptors (Lipinski definition) is 3. The summed E-state index contributed by atoms with van der Waals surface area (Å²) in [5.74, 6) is 0. The molecule has 0 amide bonds. The molecule has 0 N–H and O–H groups in total. The van der Waals surface area contributed by atoms with Gasteiger partial charge in [0.1, 0.15) is 0 Å². The van der Waals surface area contributed by atoms with Crippen LogP contribution in [0.15, 0.2) is 18.2 Å². The Morgan fingerprint density at radius 2 is 1.14 bits per heavy atom. The molecule has 21 heavy (non-hydrogen) atoms. The molecule has 0 radical (unpaired) electrons. The molecule has 0 aromatic heterocycles. The molecule has 0 aliphatic rings. The maximum atomic E-state index is 6.23. The van der Waals surface area contributed by atoms with E-state index < -0.39 is 8.80 Å².